The summed E-state index contributed by atoms with van der Waals surface area (Å²) in [7, 11) is 2.02. The van der Waals surface area contributed by atoms with E-state index in [-0.39, 0.29) is 0 Å². The van der Waals surface area contributed by atoms with E-state index in [2.05, 4.69) is 10.2 Å². The summed E-state index contributed by atoms with van der Waals surface area (Å²) in [6.07, 6.45) is 5.61. The number of aromatic nitrogens is 3. The highest BCUT2D eigenvalue weighted by molar-refractivity contribution is 7.71. The molecule has 2 saturated carbocycles. The average Bonchev–Trinajstić information content (AvgIpc) is 2.84. The second-order valence-electron chi connectivity index (χ2n) is 4.58. The maximum absolute atomic E-state index is 5.13. The predicted octanol–water partition coefficient (Wildman–Crippen LogP) is 2.38. The zero-order valence-corrected chi connectivity index (χ0v) is 9.18. The van der Waals surface area contributed by atoms with E-state index in [9.17, 15) is 0 Å². The van der Waals surface area contributed by atoms with E-state index in [4.69, 9.17) is 12.2 Å². The summed E-state index contributed by atoms with van der Waals surface area (Å²) >= 11 is 5.13. The molecule has 3 rings (SSSR count). The van der Waals surface area contributed by atoms with Crippen LogP contribution in [0.4, 0.5) is 0 Å². The van der Waals surface area contributed by atoms with Gasteiger partial charge in [0, 0.05) is 13.0 Å². The summed E-state index contributed by atoms with van der Waals surface area (Å²) in [5.41, 5.74) is 0. The minimum absolute atomic E-state index is 0.704. The van der Waals surface area contributed by atoms with Crippen LogP contribution in [0.25, 0.3) is 0 Å². The first-order valence-electron chi connectivity index (χ1n) is 5.40. The largest absolute Gasteiger partial charge is 0.307 e. The Balaban J connectivity index is 1.91. The highest BCUT2D eigenvalue weighted by Crippen LogP contribution is 2.60. The maximum atomic E-state index is 5.13. The van der Waals surface area contributed by atoms with Crippen molar-refractivity contribution in [3.63, 3.8) is 0 Å². The molecule has 1 aromatic heterocycles. The molecule has 0 spiro atoms. The van der Waals surface area contributed by atoms with Gasteiger partial charge in [-0.1, -0.05) is 12.8 Å². The van der Waals surface area contributed by atoms with E-state index in [0.717, 1.165) is 16.6 Å². The molecule has 0 saturated heterocycles. The van der Waals surface area contributed by atoms with Gasteiger partial charge in [-0.2, -0.15) is 5.10 Å². The third-order valence-electron chi connectivity index (χ3n) is 3.87. The Kier molecular flexibility index (Phi) is 1.81. The van der Waals surface area contributed by atoms with Gasteiger partial charge < -0.3 is 4.57 Å². The Bertz CT molecular complexity index is 394. The van der Waals surface area contributed by atoms with Crippen LogP contribution in [0, 0.1) is 16.6 Å². The van der Waals surface area contributed by atoms with Crippen LogP contribution in [-0.2, 0) is 7.05 Å². The van der Waals surface area contributed by atoms with Gasteiger partial charge in [0.1, 0.15) is 5.82 Å². The van der Waals surface area contributed by atoms with Crippen LogP contribution in [0.3, 0.4) is 0 Å². The van der Waals surface area contributed by atoms with Crippen molar-refractivity contribution in [2.24, 2.45) is 18.9 Å². The van der Waals surface area contributed by atoms with Gasteiger partial charge in [0.2, 0.25) is 0 Å². The highest BCUT2D eigenvalue weighted by atomic mass is 32.1. The fourth-order valence-corrected chi connectivity index (χ4v) is 3.17. The van der Waals surface area contributed by atoms with E-state index in [1.54, 1.807) is 0 Å². The Labute approximate surface area is 88.5 Å². The van der Waals surface area contributed by atoms with E-state index in [1.807, 2.05) is 11.6 Å². The third-order valence-corrected chi connectivity index (χ3v) is 4.23. The van der Waals surface area contributed by atoms with Crippen molar-refractivity contribution in [2.75, 3.05) is 0 Å². The van der Waals surface area contributed by atoms with Crippen molar-refractivity contribution in [1.29, 1.82) is 0 Å². The Morgan fingerprint density at radius 1 is 1.36 bits per heavy atom. The molecule has 2 aliphatic carbocycles. The molecule has 0 aromatic carbocycles. The van der Waals surface area contributed by atoms with Crippen LogP contribution in [-0.4, -0.2) is 14.8 Å². The highest BCUT2D eigenvalue weighted by Gasteiger charge is 2.53. The van der Waals surface area contributed by atoms with E-state index in [0.29, 0.717) is 5.92 Å². The van der Waals surface area contributed by atoms with Gasteiger partial charge in [0.05, 0.1) is 0 Å². The van der Waals surface area contributed by atoms with Crippen LogP contribution >= 0.6 is 12.2 Å². The molecule has 2 fully saturated rings. The maximum Gasteiger partial charge on any atom is 0.194 e. The fourth-order valence-electron chi connectivity index (χ4n) is 3.03. The third kappa shape index (κ3) is 1.10. The second-order valence-corrected chi connectivity index (χ2v) is 4.97. The monoisotopic (exact) mass is 209 g/mol. The van der Waals surface area contributed by atoms with Crippen molar-refractivity contribution in [3.05, 3.63) is 10.6 Å². The van der Waals surface area contributed by atoms with E-state index >= 15 is 0 Å². The quantitative estimate of drug-likeness (QED) is 0.720. The zero-order chi connectivity index (χ0) is 9.71. The number of aromatic amines is 1. The van der Waals surface area contributed by atoms with Gasteiger partial charge in [-0.25, -0.2) is 0 Å². The van der Waals surface area contributed by atoms with Crippen LogP contribution in [0.2, 0.25) is 0 Å². The number of hydrogen-bond acceptors (Lipinski definition) is 2. The minimum Gasteiger partial charge on any atom is -0.307 e. The molecule has 14 heavy (non-hydrogen) atoms. The normalized spacial score (nSPS) is 35.4. The number of nitrogens with zero attached hydrogens (tertiary/aromatic N) is 2. The Morgan fingerprint density at radius 3 is 2.50 bits per heavy atom. The van der Waals surface area contributed by atoms with Crippen molar-refractivity contribution in [1.82, 2.24) is 14.8 Å². The summed E-state index contributed by atoms with van der Waals surface area (Å²) in [6.45, 7) is 0. The molecule has 4 heteroatoms. The van der Waals surface area contributed by atoms with Crippen LogP contribution < -0.4 is 0 Å². The molecule has 2 aliphatic rings. The molecule has 2 atom stereocenters. The lowest BCUT2D eigenvalue weighted by molar-refractivity contribution is 0.480. The molecular formula is C10H15N3S. The van der Waals surface area contributed by atoms with Crippen LogP contribution in [0.15, 0.2) is 0 Å². The molecule has 2 unspecified atom stereocenters. The first kappa shape index (κ1) is 8.65. The number of nitrogens with one attached hydrogen (secondary N) is 1. The van der Waals surface area contributed by atoms with Gasteiger partial charge >= 0.3 is 0 Å². The molecule has 1 N–H and O–H groups in total. The van der Waals surface area contributed by atoms with Gasteiger partial charge in [0.25, 0.3) is 0 Å². The summed E-state index contributed by atoms with van der Waals surface area (Å²) in [5, 5.41) is 7.23. The van der Waals surface area contributed by atoms with E-state index < -0.39 is 0 Å². The Hall–Kier alpha value is -0.640. The van der Waals surface area contributed by atoms with Gasteiger partial charge in [0.15, 0.2) is 4.77 Å². The van der Waals surface area contributed by atoms with Crippen molar-refractivity contribution < 1.29 is 0 Å². The van der Waals surface area contributed by atoms with Crippen molar-refractivity contribution in [3.8, 4) is 0 Å². The van der Waals surface area contributed by atoms with Crippen molar-refractivity contribution in [2.45, 2.75) is 31.6 Å². The lowest BCUT2D eigenvalue weighted by Crippen LogP contribution is -1.97. The zero-order valence-electron chi connectivity index (χ0n) is 8.36. The predicted molar refractivity (Wildman–Crippen MR) is 56.6 cm³/mol. The lowest BCUT2D eigenvalue weighted by atomic mass is 10.0. The number of rotatable bonds is 1. The minimum atomic E-state index is 0.704. The van der Waals surface area contributed by atoms with Gasteiger partial charge in [-0.3, -0.25) is 5.10 Å². The van der Waals surface area contributed by atoms with Crippen LogP contribution in [0.5, 0.6) is 0 Å². The molecule has 1 aromatic rings. The first-order chi connectivity index (χ1) is 6.79. The fraction of sp³-hybridized carbons (Fsp3) is 0.800. The molecule has 0 bridgehead atoms. The standard InChI is InChI=1S/C10H15N3S/c1-13-9(11-12-10(13)14)8-6-4-2-3-5-7(6)8/h6-8H,2-5H2,1H3,(H,12,14). The topological polar surface area (TPSA) is 33.6 Å². The Morgan fingerprint density at radius 2 is 2.00 bits per heavy atom. The van der Waals surface area contributed by atoms with Crippen molar-refractivity contribution >= 4 is 12.2 Å². The molecule has 76 valence electrons. The molecule has 3 nitrogen and oxygen atoms in total. The SMILES string of the molecule is Cn1c(C2C3CCCCC32)n[nH]c1=S. The number of H-pyrrole nitrogens is 1. The summed E-state index contributed by atoms with van der Waals surface area (Å²) in [4.78, 5) is 0. The average molecular weight is 209 g/mol. The molecule has 0 radical (unpaired) electrons. The molecule has 0 amide bonds. The summed E-state index contributed by atoms with van der Waals surface area (Å²) in [6, 6.07) is 0. The van der Waals surface area contributed by atoms with Gasteiger partial charge in [-0.05, 0) is 36.9 Å². The van der Waals surface area contributed by atoms with E-state index in [1.165, 1.54) is 31.5 Å². The molecule has 0 aliphatic heterocycles. The second kappa shape index (κ2) is 2.92. The molecular weight excluding hydrogens is 194 g/mol. The lowest BCUT2D eigenvalue weighted by Gasteiger charge is -2.04. The number of fused-ring (bicyclic) bond motifs is 1. The number of hydrogen-bond donors (Lipinski definition) is 1. The molecule has 1 heterocycles. The first-order valence-corrected chi connectivity index (χ1v) is 5.81. The van der Waals surface area contributed by atoms with Gasteiger partial charge in [-0.15, -0.1) is 0 Å². The smallest absolute Gasteiger partial charge is 0.194 e. The summed E-state index contributed by atoms with van der Waals surface area (Å²) in [5.74, 6) is 3.71. The van der Waals surface area contributed by atoms with Crippen LogP contribution in [0.1, 0.15) is 37.4 Å². The summed E-state index contributed by atoms with van der Waals surface area (Å²) < 4.78 is 2.79.